The lowest BCUT2D eigenvalue weighted by Crippen LogP contribution is -2.45. The Bertz CT molecular complexity index is 572. The summed E-state index contributed by atoms with van der Waals surface area (Å²) in [6, 6.07) is 1.85. The summed E-state index contributed by atoms with van der Waals surface area (Å²) in [6.07, 6.45) is 6.49. The van der Waals surface area contributed by atoms with Gasteiger partial charge in [-0.15, -0.1) is 0 Å². The minimum atomic E-state index is -0.561. The average molecular weight is 319 g/mol. The van der Waals surface area contributed by atoms with Crippen molar-refractivity contribution in [1.82, 2.24) is 15.5 Å². The van der Waals surface area contributed by atoms with Gasteiger partial charge in [-0.05, 0) is 37.7 Å². The van der Waals surface area contributed by atoms with Gasteiger partial charge >= 0.3 is 11.8 Å². The topological polar surface area (TPSA) is 91.7 Å². The third-order valence-electron chi connectivity index (χ3n) is 4.34. The summed E-state index contributed by atoms with van der Waals surface area (Å²) in [5.74, 6) is -0.833. The van der Waals surface area contributed by atoms with E-state index < -0.39 is 11.8 Å². The molecule has 2 N–H and O–H groups in total. The maximum Gasteiger partial charge on any atom is 0.309 e. The summed E-state index contributed by atoms with van der Waals surface area (Å²) in [5, 5.41) is 5.35. The van der Waals surface area contributed by atoms with Gasteiger partial charge in [0, 0.05) is 25.7 Å². The number of piperidine rings is 1. The monoisotopic (exact) mass is 319 g/mol. The molecule has 7 heteroatoms. The number of rotatable bonds is 4. The lowest BCUT2D eigenvalue weighted by atomic mass is 9.96. The summed E-state index contributed by atoms with van der Waals surface area (Å²) in [5.41, 5.74) is 0.563. The van der Waals surface area contributed by atoms with Gasteiger partial charge in [-0.3, -0.25) is 14.4 Å². The van der Waals surface area contributed by atoms with Crippen LogP contribution in [-0.4, -0.2) is 48.3 Å². The van der Waals surface area contributed by atoms with Crippen molar-refractivity contribution in [3.63, 3.8) is 0 Å². The number of carbonyl (C=O) groups is 3. The zero-order valence-corrected chi connectivity index (χ0v) is 12.9. The van der Waals surface area contributed by atoms with Crippen LogP contribution in [0.3, 0.4) is 0 Å². The van der Waals surface area contributed by atoms with Crippen molar-refractivity contribution >= 4 is 17.7 Å². The highest BCUT2D eigenvalue weighted by atomic mass is 16.3. The van der Waals surface area contributed by atoms with E-state index >= 15 is 0 Å². The zero-order valence-electron chi connectivity index (χ0n) is 12.9. The number of likely N-dealkylation sites (tertiary alicyclic amines) is 1. The summed E-state index contributed by atoms with van der Waals surface area (Å²) < 4.78 is 4.93. The number of furan rings is 1. The molecule has 2 aliphatic rings. The van der Waals surface area contributed by atoms with E-state index in [0.717, 1.165) is 25.7 Å². The molecule has 0 bridgehead atoms. The predicted molar refractivity (Wildman–Crippen MR) is 81.5 cm³/mol. The average Bonchev–Trinajstić information content (AvgIpc) is 3.21. The van der Waals surface area contributed by atoms with E-state index in [2.05, 4.69) is 10.6 Å². The highest BCUT2D eigenvalue weighted by Gasteiger charge is 2.28. The van der Waals surface area contributed by atoms with Crippen LogP contribution in [0.25, 0.3) is 0 Å². The highest BCUT2D eigenvalue weighted by molar-refractivity contribution is 6.35. The van der Waals surface area contributed by atoms with Crippen molar-refractivity contribution in [1.29, 1.82) is 0 Å². The number of nitrogens with one attached hydrogen (secondary N) is 2. The van der Waals surface area contributed by atoms with Crippen LogP contribution in [0.5, 0.6) is 0 Å². The van der Waals surface area contributed by atoms with Crippen molar-refractivity contribution in [2.45, 2.75) is 31.7 Å². The Morgan fingerprint density at radius 1 is 1.13 bits per heavy atom. The third-order valence-corrected chi connectivity index (χ3v) is 4.34. The smallest absolute Gasteiger partial charge is 0.309 e. The van der Waals surface area contributed by atoms with Gasteiger partial charge in [-0.25, -0.2) is 0 Å². The Morgan fingerprint density at radius 2 is 1.87 bits per heavy atom. The zero-order chi connectivity index (χ0) is 16.2. The molecule has 23 heavy (non-hydrogen) atoms. The molecule has 2 fully saturated rings. The molecule has 2 heterocycles. The SMILES string of the molecule is O=C(NCC1CCN(C(=O)c2ccoc2)CC1)C(=O)NC1CC1. The second-order valence-corrected chi connectivity index (χ2v) is 6.21. The first-order chi connectivity index (χ1) is 11.1. The van der Waals surface area contributed by atoms with E-state index in [1.54, 1.807) is 11.0 Å². The van der Waals surface area contributed by atoms with E-state index in [1.807, 2.05) is 0 Å². The minimum absolute atomic E-state index is 0.0231. The lowest BCUT2D eigenvalue weighted by molar-refractivity contribution is -0.139. The van der Waals surface area contributed by atoms with Gasteiger partial charge < -0.3 is 20.0 Å². The fourth-order valence-electron chi connectivity index (χ4n) is 2.70. The molecule has 0 aromatic carbocycles. The first-order valence-corrected chi connectivity index (χ1v) is 8.03. The summed E-state index contributed by atoms with van der Waals surface area (Å²) in [7, 11) is 0. The van der Waals surface area contributed by atoms with Crippen molar-refractivity contribution in [2.75, 3.05) is 19.6 Å². The number of amides is 3. The normalized spacial score (nSPS) is 18.5. The Morgan fingerprint density at radius 3 is 2.48 bits per heavy atom. The number of carbonyl (C=O) groups excluding carboxylic acids is 3. The number of hydrogen-bond donors (Lipinski definition) is 2. The van der Waals surface area contributed by atoms with Crippen LogP contribution in [-0.2, 0) is 9.59 Å². The molecule has 1 aliphatic heterocycles. The van der Waals surface area contributed by atoms with Gasteiger partial charge in [-0.2, -0.15) is 0 Å². The Balaban J connectivity index is 1.38. The van der Waals surface area contributed by atoms with Gasteiger partial charge in [0.1, 0.15) is 6.26 Å². The molecule has 0 atom stereocenters. The number of hydrogen-bond acceptors (Lipinski definition) is 4. The summed E-state index contributed by atoms with van der Waals surface area (Å²) >= 11 is 0. The van der Waals surface area contributed by atoms with E-state index in [4.69, 9.17) is 4.42 Å². The second-order valence-electron chi connectivity index (χ2n) is 6.21. The molecule has 1 aromatic heterocycles. The van der Waals surface area contributed by atoms with Crippen molar-refractivity contribution in [3.05, 3.63) is 24.2 Å². The summed E-state index contributed by atoms with van der Waals surface area (Å²) in [6.45, 7) is 1.78. The molecule has 7 nitrogen and oxygen atoms in total. The molecule has 1 aromatic rings. The van der Waals surface area contributed by atoms with Gasteiger partial charge in [-0.1, -0.05) is 0 Å². The largest absolute Gasteiger partial charge is 0.472 e. The van der Waals surface area contributed by atoms with Crippen LogP contribution >= 0.6 is 0 Å². The fraction of sp³-hybridized carbons (Fsp3) is 0.562. The van der Waals surface area contributed by atoms with E-state index in [9.17, 15) is 14.4 Å². The van der Waals surface area contributed by atoms with Crippen LogP contribution in [0.1, 0.15) is 36.0 Å². The van der Waals surface area contributed by atoms with Crippen molar-refractivity contribution < 1.29 is 18.8 Å². The molecule has 3 amide bonds. The van der Waals surface area contributed by atoms with Crippen LogP contribution in [0.15, 0.2) is 23.0 Å². The van der Waals surface area contributed by atoms with Gasteiger partial charge in [0.25, 0.3) is 5.91 Å². The molecule has 0 unspecified atom stereocenters. The predicted octanol–water partition coefficient (Wildman–Crippen LogP) is 0.527. The molecule has 124 valence electrons. The standard InChI is InChI=1S/C16H21N3O4/c20-14(15(21)18-13-1-2-13)17-9-11-3-6-19(7-4-11)16(22)12-5-8-23-10-12/h5,8,10-11,13H,1-4,6-7,9H2,(H,17,20)(H,18,21). The van der Waals surface area contributed by atoms with E-state index in [1.165, 1.54) is 12.5 Å². The molecular formula is C16H21N3O4. The Labute approximate surface area is 134 Å². The van der Waals surface area contributed by atoms with Crippen LogP contribution < -0.4 is 10.6 Å². The maximum absolute atomic E-state index is 12.2. The van der Waals surface area contributed by atoms with Gasteiger partial charge in [0.15, 0.2) is 0 Å². The van der Waals surface area contributed by atoms with Crippen molar-refractivity contribution in [2.24, 2.45) is 5.92 Å². The van der Waals surface area contributed by atoms with Crippen molar-refractivity contribution in [3.8, 4) is 0 Å². The van der Waals surface area contributed by atoms with Crippen LogP contribution in [0.4, 0.5) is 0 Å². The Hall–Kier alpha value is -2.31. The first kappa shape index (κ1) is 15.6. The third kappa shape index (κ3) is 4.12. The molecule has 1 saturated heterocycles. The fourth-order valence-corrected chi connectivity index (χ4v) is 2.70. The van der Waals surface area contributed by atoms with E-state index in [0.29, 0.717) is 31.1 Å². The summed E-state index contributed by atoms with van der Waals surface area (Å²) in [4.78, 5) is 37.2. The van der Waals surface area contributed by atoms with Crippen LogP contribution in [0.2, 0.25) is 0 Å². The maximum atomic E-state index is 12.2. The minimum Gasteiger partial charge on any atom is -0.472 e. The molecule has 0 radical (unpaired) electrons. The first-order valence-electron chi connectivity index (χ1n) is 8.03. The van der Waals surface area contributed by atoms with E-state index in [-0.39, 0.29) is 11.9 Å². The molecule has 1 aliphatic carbocycles. The molecular weight excluding hydrogens is 298 g/mol. The molecule has 1 saturated carbocycles. The van der Waals surface area contributed by atoms with Crippen LogP contribution in [0, 0.1) is 5.92 Å². The second kappa shape index (κ2) is 6.85. The van der Waals surface area contributed by atoms with Gasteiger partial charge in [0.05, 0.1) is 11.8 Å². The van der Waals surface area contributed by atoms with Gasteiger partial charge in [0.2, 0.25) is 0 Å². The Kier molecular flexibility index (Phi) is 4.64. The lowest BCUT2D eigenvalue weighted by Gasteiger charge is -2.31. The number of nitrogens with zero attached hydrogens (tertiary/aromatic N) is 1. The molecule has 0 spiro atoms. The molecule has 3 rings (SSSR count). The highest BCUT2D eigenvalue weighted by Crippen LogP contribution is 2.19. The quantitative estimate of drug-likeness (QED) is 0.792.